The van der Waals surface area contributed by atoms with Crippen LogP contribution in [0.1, 0.15) is 80.9 Å². The van der Waals surface area contributed by atoms with E-state index in [-0.39, 0.29) is 18.3 Å². The second-order valence-corrected chi connectivity index (χ2v) is 8.62. The van der Waals surface area contributed by atoms with Crippen molar-refractivity contribution in [1.82, 2.24) is 15.0 Å². The third-order valence-electron chi connectivity index (χ3n) is 5.86. The average Bonchev–Trinajstić information content (AvgIpc) is 3.61. The Labute approximate surface area is 226 Å². The zero-order chi connectivity index (χ0) is 28.8. The second kappa shape index (κ2) is 15.5. The van der Waals surface area contributed by atoms with Crippen molar-refractivity contribution in [3.8, 4) is 11.4 Å². The van der Waals surface area contributed by atoms with E-state index in [0.717, 1.165) is 62.4 Å². The van der Waals surface area contributed by atoms with Gasteiger partial charge in [-0.15, -0.1) is 5.10 Å². The fourth-order valence-corrected chi connectivity index (χ4v) is 4.02. The molecule has 1 heterocycles. The summed E-state index contributed by atoms with van der Waals surface area (Å²) in [6.45, 7) is 6.11. The number of aryl methyl sites for hydroxylation is 1. The van der Waals surface area contributed by atoms with E-state index >= 15 is 0 Å². The predicted octanol–water partition coefficient (Wildman–Crippen LogP) is 6.33. The van der Waals surface area contributed by atoms with Crippen molar-refractivity contribution >= 4 is 18.0 Å². The molecule has 8 nitrogen and oxygen atoms in total. The first kappa shape index (κ1) is 31.3. The van der Waals surface area contributed by atoms with Gasteiger partial charge in [-0.25, -0.2) is 4.68 Å². The predicted molar refractivity (Wildman–Crippen MR) is 144 cm³/mol. The largest absolute Gasteiger partial charge is 0.490 e. The fourth-order valence-electron chi connectivity index (χ4n) is 4.02. The normalized spacial score (nSPS) is 13.0. The van der Waals surface area contributed by atoms with Gasteiger partial charge in [-0.05, 0) is 81.0 Å². The molecule has 212 valence electrons. The van der Waals surface area contributed by atoms with Gasteiger partial charge in [0.25, 0.3) is 5.91 Å². The van der Waals surface area contributed by atoms with Gasteiger partial charge in [0.1, 0.15) is 5.75 Å². The number of carbonyl (C=O) groups excluding carboxylic acids is 2. The minimum absolute atomic E-state index is 0.0283. The molecule has 1 saturated carbocycles. The molecule has 0 spiro atoms. The highest BCUT2D eigenvalue weighted by atomic mass is 19.4. The summed E-state index contributed by atoms with van der Waals surface area (Å²) in [7, 11) is 0. The first-order valence-corrected chi connectivity index (χ1v) is 13.1. The summed E-state index contributed by atoms with van der Waals surface area (Å²) in [6.07, 6.45) is 4.12. The van der Waals surface area contributed by atoms with Gasteiger partial charge in [0.15, 0.2) is 0 Å². The van der Waals surface area contributed by atoms with Crippen molar-refractivity contribution in [2.45, 2.75) is 78.0 Å². The van der Waals surface area contributed by atoms with E-state index in [9.17, 15) is 18.0 Å². The molecule has 1 fully saturated rings. The highest BCUT2D eigenvalue weighted by molar-refractivity contribution is 6.05. The first-order valence-electron chi connectivity index (χ1n) is 13.1. The van der Waals surface area contributed by atoms with Gasteiger partial charge in [-0.3, -0.25) is 9.59 Å². The lowest BCUT2D eigenvalue weighted by atomic mass is 10.1. The van der Waals surface area contributed by atoms with E-state index < -0.39 is 23.2 Å². The number of nitrogens with one attached hydrogen (secondary N) is 1. The monoisotopic (exact) mass is 547 g/mol. The smallest absolute Gasteiger partial charge is 0.417 e. The molecular weight excluding hydrogens is 511 g/mol. The number of carbonyl (C=O) groups is 2. The van der Waals surface area contributed by atoms with Crippen LogP contribution < -0.4 is 15.8 Å². The third-order valence-corrected chi connectivity index (χ3v) is 5.86. The molecule has 4 rings (SSSR count). The second-order valence-electron chi connectivity index (χ2n) is 8.62. The Balaban J connectivity index is 0.000000998. The summed E-state index contributed by atoms with van der Waals surface area (Å²) < 4.78 is 48.1. The number of rotatable bonds is 8. The third kappa shape index (κ3) is 9.42. The zero-order valence-electron chi connectivity index (χ0n) is 22.5. The van der Waals surface area contributed by atoms with Crippen molar-refractivity contribution in [2.75, 3.05) is 5.32 Å². The molecule has 3 aromatic rings. The molecule has 0 atom stereocenters. The van der Waals surface area contributed by atoms with Crippen molar-refractivity contribution < 1.29 is 27.5 Å². The van der Waals surface area contributed by atoms with Crippen molar-refractivity contribution in [3.63, 3.8) is 0 Å². The van der Waals surface area contributed by atoms with E-state index in [1.54, 1.807) is 28.9 Å². The van der Waals surface area contributed by atoms with Gasteiger partial charge in [0.2, 0.25) is 6.41 Å². The van der Waals surface area contributed by atoms with E-state index in [2.05, 4.69) is 28.3 Å². The highest BCUT2D eigenvalue weighted by Gasteiger charge is 2.35. The lowest BCUT2D eigenvalue weighted by molar-refractivity contribution is -0.137. The summed E-state index contributed by atoms with van der Waals surface area (Å²) in [5.74, 6) is -0.579. The molecule has 0 unspecified atom stereocenters. The van der Waals surface area contributed by atoms with Gasteiger partial charge >= 0.3 is 6.18 Å². The first-order chi connectivity index (χ1) is 18.7. The van der Waals surface area contributed by atoms with Gasteiger partial charge in [0, 0.05) is 5.69 Å². The molecule has 0 bridgehead atoms. The van der Waals surface area contributed by atoms with Crippen LogP contribution in [0.5, 0.6) is 5.75 Å². The molecule has 0 aliphatic heterocycles. The zero-order valence-corrected chi connectivity index (χ0v) is 22.5. The summed E-state index contributed by atoms with van der Waals surface area (Å²) in [5, 5.41) is 10.8. The summed E-state index contributed by atoms with van der Waals surface area (Å²) in [4.78, 5) is 21.4. The van der Waals surface area contributed by atoms with E-state index in [4.69, 9.17) is 9.53 Å². The molecular formula is C28H36F3N5O3. The van der Waals surface area contributed by atoms with Gasteiger partial charge in [-0.2, -0.15) is 13.2 Å². The molecule has 2 aromatic carbocycles. The number of nitrogens with zero attached hydrogens (tertiary/aromatic N) is 3. The molecule has 0 saturated heterocycles. The summed E-state index contributed by atoms with van der Waals surface area (Å²) in [5.41, 5.74) is 4.69. The van der Waals surface area contributed by atoms with Crippen LogP contribution in [0.4, 0.5) is 18.9 Å². The van der Waals surface area contributed by atoms with E-state index in [1.807, 2.05) is 20.0 Å². The standard InChI is InChI=1S/C25H27F3N4O2.C2H6.CH3NO/c1-2-3-6-18-16-32(31-30-18)19-11-9-17(10-12-19)29-24(33)22-15-21(34-20-7-4-5-8-20)13-14-23(22)25(26,27)28;1-2;2-1-3/h9-16,20H,2-8H2,1H3,(H,29,33);1-2H3;1H,(H2,2,3). The molecule has 11 heteroatoms. The fraction of sp³-hybridized carbons (Fsp3) is 0.429. The maximum Gasteiger partial charge on any atom is 0.417 e. The molecule has 1 aromatic heterocycles. The van der Waals surface area contributed by atoms with Gasteiger partial charge in [-0.1, -0.05) is 32.4 Å². The lowest BCUT2D eigenvalue weighted by Crippen LogP contribution is -2.19. The Morgan fingerprint density at radius 1 is 1.15 bits per heavy atom. The van der Waals surface area contributed by atoms with Crippen LogP contribution in [-0.2, 0) is 17.4 Å². The lowest BCUT2D eigenvalue weighted by Gasteiger charge is -2.17. The maximum atomic E-state index is 13.6. The number of halogens is 3. The molecule has 1 aliphatic carbocycles. The van der Waals surface area contributed by atoms with Gasteiger partial charge in [0.05, 0.1) is 34.8 Å². The Kier molecular flexibility index (Phi) is 12.5. The van der Waals surface area contributed by atoms with E-state index in [0.29, 0.717) is 5.69 Å². The van der Waals surface area contributed by atoms with Crippen LogP contribution in [0.2, 0.25) is 0 Å². The number of aromatic nitrogens is 3. The summed E-state index contributed by atoms with van der Waals surface area (Å²) in [6, 6.07) is 10.0. The summed E-state index contributed by atoms with van der Waals surface area (Å²) >= 11 is 0. The quantitative estimate of drug-likeness (QED) is 0.320. The number of ether oxygens (including phenoxy) is 1. The van der Waals surface area contributed by atoms with E-state index in [1.165, 1.54) is 12.1 Å². The van der Waals surface area contributed by atoms with Crippen LogP contribution in [0.15, 0.2) is 48.7 Å². The van der Waals surface area contributed by atoms with Crippen molar-refractivity contribution in [3.05, 3.63) is 65.5 Å². The molecule has 0 radical (unpaired) electrons. The van der Waals surface area contributed by atoms with Crippen LogP contribution in [0.25, 0.3) is 5.69 Å². The Hall–Kier alpha value is -3.89. The Bertz CT molecular complexity index is 1170. The number of hydrogen-bond acceptors (Lipinski definition) is 5. The number of hydrogen-bond donors (Lipinski definition) is 2. The molecule has 3 N–H and O–H groups in total. The molecule has 39 heavy (non-hydrogen) atoms. The minimum Gasteiger partial charge on any atom is -0.490 e. The number of nitrogens with two attached hydrogens (primary N) is 1. The van der Waals surface area contributed by atoms with Crippen molar-refractivity contribution in [2.24, 2.45) is 5.73 Å². The van der Waals surface area contributed by atoms with Crippen LogP contribution in [0, 0.1) is 0 Å². The number of unbranched alkanes of at least 4 members (excludes halogenated alkanes) is 1. The topological polar surface area (TPSA) is 112 Å². The highest BCUT2D eigenvalue weighted by Crippen LogP contribution is 2.35. The maximum absolute atomic E-state index is 13.6. The number of benzene rings is 2. The molecule has 1 aliphatic rings. The molecule has 2 amide bonds. The minimum atomic E-state index is -4.66. The van der Waals surface area contributed by atoms with Crippen LogP contribution in [0.3, 0.4) is 0 Å². The van der Waals surface area contributed by atoms with Crippen molar-refractivity contribution in [1.29, 1.82) is 0 Å². The number of primary amides is 1. The average molecular weight is 548 g/mol. The van der Waals surface area contributed by atoms with Crippen LogP contribution >= 0.6 is 0 Å². The number of alkyl halides is 3. The Morgan fingerprint density at radius 3 is 2.38 bits per heavy atom. The number of amides is 2. The SMILES string of the molecule is CC.CCCCc1cn(-c2ccc(NC(=O)c3cc(OC4CCCC4)ccc3C(F)(F)F)cc2)nn1.NC=O. The van der Waals surface area contributed by atoms with Crippen LogP contribution in [-0.4, -0.2) is 33.4 Å². The van der Waals surface area contributed by atoms with Gasteiger partial charge < -0.3 is 15.8 Å². The Morgan fingerprint density at radius 2 is 1.79 bits per heavy atom. The number of anilines is 1.